The number of hydrogen-bond donors (Lipinski definition) is 1. The summed E-state index contributed by atoms with van der Waals surface area (Å²) in [5, 5.41) is 14.0. The van der Waals surface area contributed by atoms with Crippen LogP contribution in [0.3, 0.4) is 0 Å². The second kappa shape index (κ2) is 11.3. The third kappa shape index (κ3) is 7.48. The summed E-state index contributed by atoms with van der Waals surface area (Å²) in [6, 6.07) is 17.6. The van der Waals surface area contributed by atoms with Crippen molar-refractivity contribution in [3.05, 3.63) is 104 Å². The standard InChI is InChI=1S/C23H18Cl2N2O6/c24-17-10-16(11-18(25)13-17)12-21(26-23(29)32-14-15-4-2-1-3-5-15)22(28)33-20-8-6-19(7-9-20)27(30)31/h1-11,13,21H,12,14H2,(H,26,29)/t21-/m0/s1. The number of halogens is 2. The average molecular weight is 489 g/mol. The number of nitrogens with one attached hydrogen (secondary N) is 1. The van der Waals surface area contributed by atoms with Gasteiger partial charge in [0, 0.05) is 28.6 Å². The molecule has 0 saturated heterocycles. The van der Waals surface area contributed by atoms with Gasteiger partial charge in [0.2, 0.25) is 0 Å². The normalized spacial score (nSPS) is 11.3. The summed E-state index contributed by atoms with van der Waals surface area (Å²) in [6.45, 7) is 0.0137. The number of ether oxygens (including phenoxy) is 2. The molecular formula is C23H18Cl2N2O6. The minimum Gasteiger partial charge on any atom is -0.445 e. The Kier molecular flexibility index (Phi) is 8.23. The van der Waals surface area contributed by atoms with Crippen LogP contribution < -0.4 is 10.1 Å². The molecule has 0 heterocycles. The molecule has 0 aromatic heterocycles. The van der Waals surface area contributed by atoms with Gasteiger partial charge in [0.05, 0.1) is 4.92 Å². The first-order valence-electron chi connectivity index (χ1n) is 9.68. The third-order valence-electron chi connectivity index (χ3n) is 4.42. The minimum atomic E-state index is -1.14. The number of carbonyl (C=O) groups excluding carboxylic acids is 2. The highest BCUT2D eigenvalue weighted by molar-refractivity contribution is 6.34. The van der Waals surface area contributed by atoms with E-state index in [4.69, 9.17) is 32.7 Å². The monoisotopic (exact) mass is 488 g/mol. The van der Waals surface area contributed by atoms with Gasteiger partial charge in [-0.25, -0.2) is 9.59 Å². The van der Waals surface area contributed by atoms with Crippen LogP contribution in [0.25, 0.3) is 0 Å². The van der Waals surface area contributed by atoms with Crippen LogP contribution >= 0.6 is 23.2 Å². The Labute approximate surface area is 199 Å². The number of carbonyl (C=O) groups is 2. The fraction of sp³-hybridized carbons (Fsp3) is 0.130. The van der Waals surface area contributed by atoms with Crippen LogP contribution in [-0.4, -0.2) is 23.0 Å². The Morgan fingerprint density at radius 3 is 2.18 bits per heavy atom. The van der Waals surface area contributed by atoms with Crippen LogP contribution in [0.4, 0.5) is 10.5 Å². The van der Waals surface area contributed by atoms with Crippen molar-refractivity contribution in [1.29, 1.82) is 0 Å². The molecule has 0 aliphatic heterocycles. The quantitative estimate of drug-likeness (QED) is 0.198. The Balaban J connectivity index is 1.72. The molecule has 0 spiro atoms. The van der Waals surface area contributed by atoms with Crippen LogP contribution in [0.1, 0.15) is 11.1 Å². The Bertz CT molecular complexity index is 1120. The molecule has 3 rings (SSSR count). The molecule has 0 bridgehead atoms. The maximum atomic E-state index is 12.8. The van der Waals surface area contributed by atoms with Crippen LogP contribution in [0, 0.1) is 10.1 Å². The van der Waals surface area contributed by atoms with E-state index in [1.54, 1.807) is 30.3 Å². The molecule has 1 atom stereocenters. The summed E-state index contributed by atoms with van der Waals surface area (Å²) in [5.74, 6) is -0.712. The predicted octanol–water partition coefficient (Wildman–Crippen LogP) is 5.34. The van der Waals surface area contributed by atoms with Crippen LogP contribution in [0.2, 0.25) is 10.0 Å². The molecule has 1 amide bonds. The van der Waals surface area contributed by atoms with Crippen molar-refractivity contribution >= 4 is 41.0 Å². The van der Waals surface area contributed by atoms with E-state index in [2.05, 4.69) is 5.32 Å². The summed E-state index contributed by atoms with van der Waals surface area (Å²) >= 11 is 12.1. The fourth-order valence-electron chi connectivity index (χ4n) is 2.89. The molecule has 3 aromatic carbocycles. The Morgan fingerprint density at radius 2 is 1.58 bits per heavy atom. The lowest BCUT2D eigenvalue weighted by Gasteiger charge is -2.18. The lowest BCUT2D eigenvalue weighted by Crippen LogP contribution is -2.44. The largest absolute Gasteiger partial charge is 0.445 e. The first-order chi connectivity index (χ1) is 15.8. The number of nitro groups is 1. The van der Waals surface area contributed by atoms with Crippen molar-refractivity contribution in [2.75, 3.05) is 0 Å². The van der Waals surface area contributed by atoms with Gasteiger partial charge in [0.15, 0.2) is 0 Å². The number of alkyl carbamates (subject to hydrolysis) is 1. The zero-order chi connectivity index (χ0) is 23.8. The van der Waals surface area contributed by atoms with Crippen molar-refractivity contribution in [2.45, 2.75) is 19.1 Å². The van der Waals surface area contributed by atoms with Gasteiger partial charge in [0.25, 0.3) is 5.69 Å². The number of amides is 1. The first kappa shape index (κ1) is 24.0. The van der Waals surface area contributed by atoms with Crippen molar-refractivity contribution in [3.63, 3.8) is 0 Å². The molecule has 0 aliphatic carbocycles. The van der Waals surface area contributed by atoms with Crippen molar-refractivity contribution in [1.82, 2.24) is 5.32 Å². The van der Waals surface area contributed by atoms with E-state index < -0.39 is 23.0 Å². The minimum absolute atomic E-state index is 0.0137. The summed E-state index contributed by atoms with van der Waals surface area (Å²) in [7, 11) is 0. The maximum absolute atomic E-state index is 12.8. The van der Waals surface area contributed by atoms with E-state index in [1.165, 1.54) is 24.3 Å². The van der Waals surface area contributed by atoms with Gasteiger partial charge in [-0.15, -0.1) is 0 Å². The third-order valence-corrected chi connectivity index (χ3v) is 4.85. The topological polar surface area (TPSA) is 108 Å². The Morgan fingerprint density at radius 1 is 0.939 bits per heavy atom. The number of esters is 1. The number of nitrogens with zero attached hydrogens (tertiary/aromatic N) is 1. The van der Waals surface area contributed by atoms with Crippen molar-refractivity contribution < 1.29 is 24.0 Å². The first-order valence-corrected chi connectivity index (χ1v) is 10.4. The fourth-order valence-corrected chi connectivity index (χ4v) is 3.46. The molecule has 170 valence electrons. The molecule has 33 heavy (non-hydrogen) atoms. The van der Waals surface area contributed by atoms with E-state index >= 15 is 0 Å². The van der Waals surface area contributed by atoms with Crippen LogP contribution in [-0.2, 0) is 22.6 Å². The van der Waals surface area contributed by atoms with Crippen LogP contribution in [0.15, 0.2) is 72.8 Å². The SMILES string of the molecule is O=C(N[C@@H](Cc1cc(Cl)cc(Cl)c1)C(=O)Oc1ccc([N+](=O)[O-])cc1)OCc1ccccc1. The van der Waals surface area contributed by atoms with Gasteiger partial charge in [-0.3, -0.25) is 10.1 Å². The second-order valence-corrected chi connectivity index (χ2v) is 7.79. The smallest absolute Gasteiger partial charge is 0.408 e. The highest BCUT2D eigenvalue weighted by Gasteiger charge is 2.25. The molecule has 3 aromatic rings. The van der Waals surface area contributed by atoms with Gasteiger partial charge < -0.3 is 14.8 Å². The van der Waals surface area contributed by atoms with Gasteiger partial charge in [-0.1, -0.05) is 53.5 Å². The maximum Gasteiger partial charge on any atom is 0.408 e. The van der Waals surface area contributed by atoms with Crippen molar-refractivity contribution in [3.8, 4) is 5.75 Å². The summed E-state index contributed by atoms with van der Waals surface area (Å²) in [4.78, 5) is 35.4. The molecule has 0 unspecified atom stereocenters. The van der Waals surface area contributed by atoms with Gasteiger partial charge in [-0.2, -0.15) is 0 Å². The molecule has 0 radical (unpaired) electrons. The van der Waals surface area contributed by atoms with E-state index in [0.29, 0.717) is 15.6 Å². The zero-order valence-electron chi connectivity index (χ0n) is 17.1. The van der Waals surface area contributed by atoms with E-state index in [-0.39, 0.29) is 24.5 Å². The zero-order valence-corrected chi connectivity index (χ0v) is 18.6. The van der Waals surface area contributed by atoms with E-state index in [9.17, 15) is 19.7 Å². The lowest BCUT2D eigenvalue weighted by atomic mass is 10.1. The van der Waals surface area contributed by atoms with E-state index in [0.717, 1.165) is 5.56 Å². The molecule has 1 N–H and O–H groups in total. The van der Waals surface area contributed by atoms with E-state index in [1.807, 2.05) is 18.2 Å². The number of hydrogen-bond acceptors (Lipinski definition) is 6. The van der Waals surface area contributed by atoms with Gasteiger partial charge in [-0.05, 0) is 41.5 Å². The van der Waals surface area contributed by atoms with Gasteiger partial charge >= 0.3 is 12.1 Å². The number of non-ortho nitro benzene ring substituents is 1. The molecular weight excluding hydrogens is 471 g/mol. The lowest BCUT2D eigenvalue weighted by molar-refractivity contribution is -0.384. The summed E-state index contributed by atoms with van der Waals surface area (Å²) in [5.41, 5.74) is 1.21. The average Bonchev–Trinajstić information content (AvgIpc) is 2.77. The van der Waals surface area contributed by atoms with Gasteiger partial charge in [0.1, 0.15) is 18.4 Å². The number of rotatable bonds is 8. The molecule has 0 saturated carbocycles. The number of benzene rings is 3. The molecule has 0 aliphatic rings. The highest BCUT2D eigenvalue weighted by Crippen LogP contribution is 2.21. The second-order valence-electron chi connectivity index (χ2n) is 6.91. The molecule has 8 nitrogen and oxygen atoms in total. The van der Waals surface area contributed by atoms with Crippen LogP contribution in [0.5, 0.6) is 5.75 Å². The summed E-state index contributed by atoms with van der Waals surface area (Å²) < 4.78 is 10.5. The van der Waals surface area contributed by atoms with Crippen molar-refractivity contribution in [2.24, 2.45) is 0 Å². The predicted molar refractivity (Wildman–Crippen MR) is 122 cm³/mol. The highest BCUT2D eigenvalue weighted by atomic mass is 35.5. The molecule has 0 fully saturated rings. The Hall–Kier alpha value is -3.62. The molecule has 10 heteroatoms. The number of nitro benzene ring substituents is 1. The summed E-state index contributed by atoms with van der Waals surface area (Å²) in [6.07, 6.45) is -0.801.